The van der Waals surface area contributed by atoms with Crippen molar-refractivity contribution in [2.45, 2.75) is 25.8 Å². The molecule has 0 aliphatic rings. The molecule has 6 heteroatoms. The van der Waals surface area contributed by atoms with Crippen LogP contribution in [0.4, 0.5) is 0 Å². The van der Waals surface area contributed by atoms with Crippen LogP contribution in [0.15, 0.2) is 0 Å². The van der Waals surface area contributed by atoms with Gasteiger partial charge in [0.2, 0.25) is 11.8 Å². The minimum atomic E-state index is -0.500. The van der Waals surface area contributed by atoms with Gasteiger partial charge in [0.15, 0.2) is 0 Å². The van der Waals surface area contributed by atoms with Crippen molar-refractivity contribution in [2.75, 3.05) is 19.6 Å². The summed E-state index contributed by atoms with van der Waals surface area (Å²) in [7, 11) is 0. The largest absolute Gasteiger partial charge is 0.355 e. The van der Waals surface area contributed by atoms with Crippen LogP contribution in [0.5, 0.6) is 0 Å². The second-order valence-electron chi connectivity index (χ2n) is 3.20. The van der Waals surface area contributed by atoms with Crippen LogP contribution < -0.4 is 22.1 Å². The molecule has 0 aromatic carbocycles. The van der Waals surface area contributed by atoms with Crippen molar-refractivity contribution in [3.8, 4) is 0 Å². The van der Waals surface area contributed by atoms with Crippen molar-refractivity contribution in [1.82, 2.24) is 10.6 Å². The van der Waals surface area contributed by atoms with E-state index in [-0.39, 0.29) is 18.4 Å². The van der Waals surface area contributed by atoms with E-state index in [0.29, 0.717) is 25.9 Å². The molecule has 88 valence electrons. The zero-order chi connectivity index (χ0) is 11.7. The van der Waals surface area contributed by atoms with E-state index in [9.17, 15) is 9.59 Å². The Labute approximate surface area is 89.8 Å². The lowest BCUT2D eigenvalue weighted by Gasteiger charge is -2.11. The second kappa shape index (κ2) is 8.19. The van der Waals surface area contributed by atoms with Gasteiger partial charge in [-0.25, -0.2) is 0 Å². The minimum Gasteiger partial charge on any atom is -0.355 e. The number of amides is 2. The Hall–Kier alpha value is -1.14. The Balaban J connectivity index is 3.50. The highest BCUT2D eigenvalue weighted by Gasteiger charge is 2.11. The highest BCUT2D eigenvalue weighted by Crippen LogP contribution is 1.93. The van der Waals surface area contributed by atoms with Gasteiger partial charge < -0.3 is 22.1 Å². The average Bonchev–Trinajstić information content (AvgIpc) is 2.23. The van der Waals surface area contributed by atoms with Crippen LogP contribution in [0.2, 0.25) is 0 Å². The van der Waals surface area contributed by atoms with Gasteiger partial charge >= 0.3 is 0 Å². The van der Waals surface area contributed by atoms with Crippen molar-refractivity contribution in [3.05, 3.63) is 0 Å². The van der Waals surface area contributed by atoms with Gasteiger partial charge in [-0.2, -0.15) is 0 Å². The quantitative estimate of drug-likeness (QED) is 0.380. The van der Waals surface area contributed by atoms with E-state index < -0.39 is 6.04 Å². The topological polar surface area (TPSA) is 110 Å². The molecule has 0 spiro atoms. The molecular weight excluding hydrogens is 196 g/mol. The first-order chi connectivity index (χ1) is 7.11. The Morgan fingerprint density at radius 2 is 2.00 bits per heavy atom. The van der Waals surface area contributed by atoms with Crippen molar-refractivity contribution < 1.29 is 9.59 Å². The van der Waals surface area contributed by atoms with E-state index in [1.54, 1.807) is 0 Å². The molecule has 0 heterocycles. The predicted molar refractivity (Wildman–Crippen MR) is 58.0 cm³/mol. The third-order valence-electron chi connectivity index (χ3n) is 1.89. The molecule has 0 rings (SSSR count). The SMILES string of the molecule is CCNC(=O)[C@H](N)CCCNC(=O)CN. The summed E-state index contributed by atoms with van der Waals surface area (Å²) in [5, 5.41) is 5.24. The van der Waals surface area contributed by atoms with E-state index in [0.717, 1.165) is 0 Å². The Morgan fingerprint density at radius 3 is 2.53 bits per heavy atom. The molecule has 0 aromatic heterocycles. The van der Waals surface area contributed by atoms with E-state index in [1.807, 2.05) is 6.92 Å². The van der Waals surface area contributed by atoms with Gasteiger partial charge in [0.05, 0.1) is 12.6 Å². The molecule has 15 heavy (non-hydrogen) atoms. The Bertz CT molecular complexity index is 208. The summed E-state index contributed by atoms with van der Waals surface area (Å²) in [4.78, 5) is 21.9. The fraction of sp³-hybridized carbons (Fsp3) is 0.778. The summed E-state index contributed by atoms with van der Waals surface area (Å²) < 4.78 is 0. The maximum absolute atomic E-state index is 11.2. The fourth-order valence-corrected chi connectivity index (χ4v) is 1.06. The molecule has 0 aliphatic carbocycles. The van der Waals surface area contributed by atoms with Gasteiger partial charge in [-0.3, -0.25) is 9.59 Å². The van der Waals surface area contributed by atoms with Gasteiger partial charge in [0.1, 0.15) is 0 Å². The number of nitrogens with one attached hydrogen (secondary N) is 2. The van der Waals surface area contributed by atoms with Crippen LogP contribution in [0.1, 0.15) is 19.8 Å². The number of rotatable bonds is 7. The van der Waals surface area contributed by atoms with Crippen LogP contribution in [0, 0.1) is 0 Å². The first-order valence-electron chi connectivity index (χ1n) is 5.11. The highest BCUT2D eigenvalue weighted by atomic mass is 16.2. The molecule has 0 saturated carbocycles. The molecule has 0 unspecified atom stereocenters. The number of nitrogens with two attached hydrogens (primary N) is 2. The lowest BCUT2D eigenvalue weighted by Crippen LogP contribution is -2.41. The monoisotopic (exact) mass is 216 g/mol. The third kappa shape index (κ3) is 6.87. The summed E-state index contributed by atoms with van der Waals surface area (Å²) >= 11 is 0. The molecule has 0 fully saturated rings. The molecule has 0 aromatic rings. The lowest BCUT2D eigenvalue weighted by atomic mass is 10.1. The summed E-state index contributed by atoms with van der Waals surface area (Å²) in [6.45, 7) is 2.91. The molecule has 6 N–H and O–H groups in total. The summed E-state index contributed by atoms with van der Waals surface area (Å²) in [5.41, 5.74) is 10.7. The van der Waals surface area contributed by atoms with E-state index in [2.05, 4.69) is 10.6 Å². The standard InChI is InChI=1S/C9H20N4O2/c1-2-12-9(15)7(11)4-3-5-13-8(14)6-10/h7H,2-6,10-11H2,1H3,(H,12,15)(H,13,14)/t7-/m1/s1. The van der Waals surface area contributed by atoms with E-state index >= 15 is 0 Å². The first kappa shape index (κ1) is 13.9. The van der Waals surface area contributed by atoms with Gasteiger partial charge in [-0.1, -0.05) is 0 Å². The average molecular weight is 216 g/mol. The smallest absolute Gasteiger partial charge is 0.236 e. The Kier molecular flexibility index (Phi) is 7.57. The number of hydrogen-bond donors (Lipinski definition) is 4. The van der Waals surface area contributed by atoms with E-state index in [4.69, 9.17) is 11.5 Å². The lowest BCUT2D eigenvalue weighted by molar-refractivity contribution is -0.122. The number of hydrogen-bond acceptors (Lipinski definition) is 4. The number of carbonyl (C=O) groups is 2. The van der Waals surface area contributed by atoms with Gasteiger partial charge in [-0.15, -0.1) is 0 Å². The van der Waals surface area contributed by atoms with Gasteiger partial charge in [-0.05, 0) is 19.8 Å². The van der Waals surface area contributed by atoms with Crippen LogP contribution in [-0.2, 0) is 9.59 Å². The molecule has 6 nitrogen and oxygen atoms in total. The Morgan fingerprint density at radius 1 is 1.33 bits per heavy atom. The van der Waals surface area contributed by atoms with Crippen LogP contribution in [0.3, 0.4) is 0 Å². The van der Waals surface area contributed by atoms with Crippen molar-refractivity contribution in [2.24, 2.45) is 11.5 Å². The summed E-state index contributed by atoms with van der Waals surface area (Å²) in [5.74, 6) is -0.343. The van der Waals surface area contributed by atoms with Gasteiger partial charge in [0, 0.05) is 13.1 Å². The maximum atomic E-state index is 11.2. The second-order valence-corrected chi connectivity index (χ2v) is 3.20. The summed E-state index contributed by atoms with van der Waals surface area (Å²) in [6.07, 6.45) is 1.22. The summed E-state index contributed by atoms with van der Waals surface area (Å²) in [6, 6.07) is -0.500. The molecule has 2 amide bonds. The van der Waals surface area contributed by atoms with Crippen molar-refractivity contribution in [1.29, 1.82) is 0 Å². The van der Waals surface area contributed by atoms with Crippen LogP contribution in [-0.4, -0.2) is 37.5 Å². The normalized spacial score (nSPS) is 11.9. The van der Waals surface area contributed by atoms with E-state index in [1.165, 1.54) is 0 Å². The number of carbonyl (C=O) groups excluding carboxylic acids is 2. The van der Waals surface area contributed by atoms with Crippen molar-refractivity contribution in [3.63, 3.8) is 0 Å². The molecule has 0 aliphatic heterocycles. The van der Waals surface area contributed by atoms with Crippen molar-refractivity contribution >= 4 is 11.8 Å². The minimum absolute atomic E-state index is 0.0115. The molecular formula is C9H20N4O2. The zero-order valence-corrected chi connectivity index (χ0v) is 9.08. The highest BCUT2D eigenvalue weighted by molar-refractivity contribution is 5.81. The maximum Gasteiger partial charge on any atom is 0.236 e. The molecule has 0 radical (unpaired) electrons. The zero-order valence-electron chi connectivity index (χ0n) is 9.08. The van der Waals surface area contributed by atoms with Crippen LogP contribution >= 0.6 is 0 Å². The fourth-order valence-electron chi connectivity index (χ4n) is 1.06. The predicted octanol–water partition coefficient (Wildman–Crippen LogP) is -1.70. The third-order valence-corrected chi connectivity index (χ3v) is 1.89. The molecule has 0 saturated heterocycles. The number of likely N-dealkylation sites (N-methyl/N-ethyl adjacent to an activating group) is 1. The molecule has 1 atom stereocenters. The molecule has 0 bridgehead atoms. The van der Waals surface area contributed by atoms with Crippen LogP contribution in [0.25, 0.3) is 0 Å². The first-order valence-corrected chi connectivity index (χ1v) is 5.11. The van der Waals surface area contributed by atoms with Gasteiger partial charge in [0.25, 0.3) is 0 Å².